The lowest BCUT2D eigenvalue weighted by Gasteiger charge is -2.11. The van der Waals surface area contributed by atoms with Crippen molar-refractivity contribution in [2.45, 2.75) is 19.4 Å². The number of para-hydroxylation sites is 1. The minimum absolute atomic E-state index is 0.138. The first-order valence-electron chi connectivity index (χ1n) is 7.99. The Morgan fingerprint density at radius 2 is 1.85 bits per heavy atom. The van der Waals surface area contributed by atoms with Crippen molar-refractivity contribution in [2.24, 2.45) is 0 Å². The molecule has 0 fully saturated rings. The molecule has 1 aromatic carbocycles. The monoisotopic (exact) mass is 395 g/mol. The van der Waals surface area contributed by atoms with E-state index in [0.29, 0.717) is 29.1 Å². The molecule has 9 heteroatoms. The van der Waals surface area contributed by atoms with Crippen LogP contribution in [0.3, 0.4) is 0 Å². The molecular formula is C17H21N3O4S2. The Hall–Kier alpha value is -2.39. The third kappa shape index (κ3) is 6.85. The highest BCUT2D eigenvalue weighted by Crippen LogP contribution is 2.16. The second-order valence-electron chi connectivity index (χ2n) is 5.64. The maximum atomic E-state index is 11.9. The summed E-state index contributed by atoms with van der Waals surface area (Å²) in [6.45, 7) is 0.634. The summed E-state index contributed by atoms with van der Waals surface area (Å²) in [5.41, 5.74) is 1.12. The van der Waals surface area contributed by atoms with Crippen LogP contribution in [0.4, 0.5) is 5.69 Å². The van der Waals surface area contributed by atoms with Crippen LogP contribution < -0.4 is 15.4 Å². The van der Waals surface area contributed by atoms with Crippen LogP contribution in [-0.4, -0.2) is 33.0 Å². The number of rotatable bonds is 9. The number of amides is 2. The molecule has 0 atom stereocenters. The molecule has 0 aliphatic heterocycles. The highest BCUT2D eigenvalue weighted by atomic mass is 32.2. The van der Waals surface area contributed by atoms with Crippen LogP contribution >= 0.6 is 11.3 Å². The standard InChI is InChI=1S/C17H21N3O4S2/c1-26(23,24)20-14-7-3-2-6-13(14)12-19-16(21)9-4-10-18-17(22)15-8-5-11-25-15/h2-3,5-8,11,20H,4,9-10,12H2,1H3,(H,18,22)(H,19,21). The van der Waals surface area contributed by atoms with E-state index < -0.39 is 10.0 Å². The normalized spacial score (nSPS) is 11.0. The van der Waals surface area contributed by atoms with Crippen LogP contribution in [0.5, 0.6) is 0 Å². The van der Waals surface area contributed by atoms with Gasteiger partial charge in [-0.15, -0.1) is 11.3 Å². The first kappa shape index (κ1) is 19.9. The smallest absolute Gasteiger partial charge is 0.261 e. The SMILES string of the molecule is CS(=O)(=O)Nc1ccccc1CNC(=O)CCCNC(=O)c1cccs1. The van der Waals surface area contributed by atoms with Crippen molar-refractivity contribution in [3.8, 4) is 0 Å². The Kier molecular flexibility index (Phi) is 7.16. The molecule has 1 heterocycles. The average Bonchev–Trinajstić information content (AvgIpc) is 3.11. The maximum Gasteiger partial charge on any atom is 0.261 e. The molecule has 0 aliphatic carbocycles. The van der Waals surface area contributed by atoms with E-state index in [4.69, 9.17) is 0 Å². The summed E-state index contributed by atoms with van der Waals surface area (Å²) in [4.78, 5) is 24.3. The number of carbonyl (C=O) groups is 2. The van der Waals surface area contributed by atoms with Crippen LogP contribution in [0.2, 0.25) is 0 Å². The molecule has 7 nitrogen and oxygen atoms in total. The van der Waals surface area contributed by atoms with Crippen molar-refractivity contribution in [3.05, 3.63) is 52.2 Å². The molecule has 0 bridgehead atoms. The number of hydrogen-bond donors (Lipinski definition) is 3. The molecular weight excluding hydrogens is 374 g/mol. The van der Waals surface area contributed by atoms with Crippen LogP contribution in [0.1, 0.15) is 28.1 Å². The fraction of sp³-hybridized carbons (Fsp3) is 0.294. The number of hydrogen-bond acceptors (Lipinski definition) is 5. The average molecular weight is 396 g/mol. The van der Waals surface area contributed by atoms with Gasteiger partial charge in [0, 0.05) is 19.5 Å². The van der Waals surface area contributed by atoms with Gasteiger partial charge in [0.1, 0.15) is 0 Å². The van der Waals surface area contributed by atoms with E-state index in [1.54, 1.807) is 30.3 Å². The Balaban J connectivity index is 1.73. The second-order valence-corrected chi connectivity index (χ2v) is 8.34. The zero-order valence-corrected chi connectivity index (χ0v) is 16.0. The number of carbonyl (C=O) groups excluding carboxylic acids is 2. The topological polar surface area (TPSA) is 104 Å². The number of sulfonamides is 1. The quantitative estimate of drug-likeness (QED) is 0.565. The minimum Gasteiger partial charge on any atom is -0.352 e. The van der Waals surface area contributed by atoms with Gasteiger partial charge in [0.05, 0.1) is 16.8 Å². The molecule has 2 aromatic rings. The molecule has 26 heavy (non-hydrogen) atoms. The van der Waals surface area contributed by atoms with Gasteiger partial charge in [0.15, 0.2) is 0 Å². The molecule has 2 amide bonds. The molecule has 3 N–H and O–H groups in total. The molecule has 2 rings (SSSR count). The molecule has 0 saturated heterocycles. The lowest BCUT2D eigenvalue weighted by atomic mass is 10.2. The molecule has 140 valence electrons. The third-order valence-corrected chi connectivity index (χ3v) is 4.86. The fourth-order valence-corrected chi connectivity index (χ4v) is 3.44. The van der Waals surface area contributed by atoms with E-state index in [9.17, 15) is 18.0 Å². The Morgan fingerprint density at radius 1 is 1.08 bits per heavy atom. The Labute approximate surface area is 156 Å². The van der Waals surface area contributed by atoms with Crippen molar-refractivity contribution in [3.63, 3.8) is 0 Å². The molecule has 0 aliphatic rings. The van der Waals surface area contributed by atoms with Crippen molar-refractivity contribution in [1.29, 1.82) is 0 Å². The third-order valence-electron chi connectivity index (χ3n) is 3.40. The lowest BCUT2D eigenvalue weighted by molar-refractivity contribution is -0.121. The second kappa shape index (κ2) is 9.35. The van der Waals surface area contributed by atoms with Crippen LogP contribution in [0.15, 0.2) is 41.8 Å². The van der Waals surface area contributed by atoms with Gasteiger partial charge in [-0.25, -0.2) is 8.42 Å². The Morgan fingerprint density at radius 3 is 2.54 bits per heavy atom. The van der Waals surface area contributed by atoms with E-state index >= 15 is 0 Å². The van der Waals surface area contributed by atoms with Crippen molar-refractivity contribution in [2.75, 3.05) is 17.5 Å². The summed E-state index contributed by atoms with van der Waals surface area (Å²) in [5.74, 6) is -0.300. The van der Waals surface area contributed by atoms with Gasteiger partial charge in [-0.05, 0) is 29.5 Å². The van der Waals surface area contributed by atoms with Gasteiger partial charge < -0.3 is 10.6 Å². The van der Waals surface area contributed by atoms with E-state index in [1.807, 2.05) is 11.4 Å². The summed E-state index contributed by atoms with van der Waals surface area (Å²) >= 11 is 1.37. The number of thiophene rings is 1. The predicted molar refractivity (Wildman–Crippen MR) is 103 cm³/mol. The summed E-state index contributed by atoms with van der Waals surface area (Å²) in [6.07, 6.45) is 1.87. The minimum atomic E-state index is -3.38. The van der Waals surface area contributed by atoms with Gasteiger partial charge in [-0.2, -0.15) is 0 Å². The van der Waals surface area contributed by atoms with Crippen LogP contribution in [0.25, 0.3) is 0 Å². The summed E-state index contributed by atoms with van der Waals surface area (Å²) in [6, 6.07) is 10.4. The highest BCUT2D eigenvalue weighted by Gasteiger charge is 2.09. The maximum absolute atomic E-state index is 11.9. The first-order valence-corrected chi connectivity index (χ1v) is 10.8. The molecule has 1 aromatic heterocycles. The van der Waals surface area contributed by atoms with Crippen molar-refractivity contribution >= 4 is 38.9 Å². The van der Waals surface area contributed by atoms with Crippen LogP contribution in [0, 0.1) is 0 Å². The lowest BCUT2D eigenvalue weighted by Crippen LogP contribution is -2.27. The van der Waals surface area contributed by atoms with Crippen molar-refractivity contribution < 1.29 is 18.0 Å². The van der Waals surface area contributed by atoms with E-state index in [1.165, 1.54) is 11.3 Å². The van der Waals surface area contributed by atoms with Gasteiger partial charge >= 0.3 is 0 Å². The Bertz CT molecular complexity index is 849. The summed E-state index contributed by atoms with van der Waals surface area (Å²) in [5, 5.41) is 7.35. The summed E-state index contributed by atoms with van der Waals surface area (Å²) < 4.78 is 25.2. The van der Waals surface area contributed by atoms with E-state index in [0.717, 1.165) is 6.26 Å². The van der Waals surface area contributed by atoms with Gasteiger partial charge in [-0.3, -0.25) is 14.3 Å². The summed E-state index contributed by atoms with van der Waals surface area (Å²) in [7, 11) is -3.38. The number of benzene rings is 1. The molecule has 0 unspecified atom stereocenters. The van der Waals surface area contributed by atoms with Crippen molar-refractivity contribution in [1.82, 2.24) is 10.6 Å². The molecule has 0 spiro atoms. The largest absolute Gasteiger partial charge is 0.352 e. The van der Waals surface area contributed by atoms with Gasteiger partial charge in [0.2, 0.25) is 15.9 Å². The first-order chi connectivity index (χ1) is 12.3. The van der Waals surface area contributed by atoms with E-state index in [2.05, 4.69) is 15.4 Å². The van der Waals surface area contributed by atoms with Gasteiger partial charge in [-0.1, -0.05) is 24.3 Å². The molecule has 0 saturated carbocycles. The predicted octanol–water partition coefficient (Wildman–Crippen LogP) is 1.95. The molecule has 0 radical (unpaired) electrons. The zero-order valence-electron chi connectivity index (χ0n) is 14.3. The number of anilines is 1. The highest BCUT2D eigenvalue weighted by molar-refractivity contribution is 7.92. The van der Waals surface area contributed by atoms with Gasteiger partial charge in [0.25, 0.3) is 5.91 Å². The van der Waals surface area contributed by atoms with Crippen LogP contribution in [-0.2, 0) is 21.4 Å². The van der Waals surface area contributed by atoms with E-state index in [-0.39, 0.29) is 24.8 Å². The zero-order chi connectivity index (χ0) is 19.0. The number of nitrogens with one attached hydrogen (secondary N) is 3. The fourth-order valence-electron chi connectivity index (χ4n) is 2.20.